The zero-order valence-corrected chi connectivity index (χ0v) is 16.9. The van der Waals surface area contributed by atoms with Gasteiger partial charge in [-0.1, -0.05) is 18.2 Å². The summed E-state index contributed by atoms with van der Waals surface area (Å²) in [5.74, 6) is 0.587. The molecule has 3 rings (SSSR count). The first-order valence-electron chi connectivity index (χ1n) is 9.24. The molecule has 1 aromatic heterocycles. The molecule has 0 aliphatic rings. The van der Waals surface area contributed by atoms with Gasteiger partial charge in [0.25, 0.3) is 5.56 Å². The average Bonchev–Trinajstić information content (AvgIpc) is 2.76. The van der Waals surface area contributed by atoms with E-state index in [1.54, 1.807) is 63.6 Å². The van der Waals surface area contributed by atoms with E-state index in [1.165, 1.54) is 10.8 Å². The third-order valence-electron chi connectivity index (χ3n) is 4.28. The Morgan fingerprint density at radius 2 is 1.83 bits per heavy atom. The van der Waals surface area contributed by atoms with E-state index in [4.69, 9.17) is 14.2 Å². The quantitative estimate of drug-likeness (QED) is 0.345. The van der Waals surface area contributed by atoms with Crippen molar-refractivity contribution in [3.05, 3.63) is 58.4 Å². The van der Waals surface area contributed by atoms with Crippen molar-refractivity contribution in [3.63, 3.8) is 0 Å². The van der Waals surface area contributed by atoms with Crippen molar-refractivity contribution in [2.45, 2.75) is 13.5 Å². The molecule has 0 fully saturated rings. The number of para-hydroxylation sites is 2. The largest absolute Gasteiger partial charge is 0.496 e. The highest BCUT2D eigenvalue weighted by Crippen LogP contribution is 2.26. The first-order valence-corrected chi connectivity index (χ1v) is 9.24. The van der Waals surface area contributed by atoms with Gasteiger partial charge in [-0.25, -0.2) is 4.98 Å². The summed E-state index contributed by atoms with van der Waals surface area (Å²) >= 11 is 0. The summed E-state index contributed by atoms with van der Waals surface area (Å²) in [6, 6.07) is 12.4. The van der Waals surface area contributed by atoms with Crippen molar-refractivity contribution in [1.82, 2.24) is 9.55 Å². The number of methoxy groups -OCH3 is 2. The third kappa shape index (κ3) is 4.40. The summed E-state index contributed by atoms with van der Waals surface area (Å²) in [4.78, 5) is 29.2. The molecule has 0 radical (unpaired) electrons. The van der Waals surface area contributed by atoms with Gasteiger partial charge in [0.15, 0.2) is 0 Å². The predicted molar refractivity (Wildman–Crippen MR) is 113 cm³/mol. The van der Waals surface area contributed by atoms with Gasteiger partial charge in [-0.15, -0.1) is 0 Å². The molecule has 156 valence electrons. The summed E-state index contributed by atoms with van der Waals surface area (Å²) in [6.45, 7) is 1.71. The molecular formula is C21H22N4O5. The maximum Gasteiger partial charge on any atom is 0.326 e. The Labute approximate surface area is 172 Å². The molecule has 1 heterocycles. The van der Waals surface area contributed by atoms with Crippen LogP contribution in [0.15, 0.2) is 52.4 Å². The normalized spacial score (nSPS) is 10.9. The monoisotopic (exact) mass is 410 g/mol. The third-order valence-corrected chi connectivity index (χ3v) is 4.28. The summed E-state index contributed by atoms with van der Waals surface area (Å²) < 4.78 is 16.9. The molecule has 0 saturated carbocycles. The second-order valence-electron chi connectivity index (χ2n) is 6.09. The molecular weight excluding hydrogens is 388 g/mol. The Balaban J connectivity index is 1.98. The van der Waals surface area contributed by atoms with Crippen LogP contribution in [0.3, 0.4) is 0 Å². The van der Waals surface area contributed by atoms with E-state index in [-0.39, 0.29) is 19.0 Å². The minimum atomic E-state index is -0.510. The summed E-state index contributed by atoms with van der Waals surface area (Å²) in [7, 11) is 3.08. The topological polar surface area (TPSA) is 104 Å². The number of anilines is 1. The summed E-state index contributed by atoms with van der Waals surface area (Å²) in [5, 5.41) is 4.13. The van der Waals surface area contributed by atoms with Crippen molar-refractivity contribution in [1.29, 1.82) is 0 Å². The maximum atomic E-state index is 12.9. The highest BCUT2D eigenvalue weighted by atomic mass is 16.5. The van der Waals surface area contributed by atoms with E-state index in [1.807, 2.05) is 0 Å². The average molecular weight is 410 g/mol. The lowest BCUT2D eigenvalue weighted by Crippen LogP contribution is -2.28. The first-order chi connectivity index (χ1) is 14.6. The molecule has 9 heteroatoms. The van der Waals surface area contributed by atoms with Crippen LogP contribution in [0.1, 0.15) is 12.5 Å². The smallest absolute Gasteiger partial charge is 0.326 e. The van der Waals surface area contributed by atoms with Gasteiger partial charge < -0.3 is 14.2 Å². The number of hydrogen-bond acceptors (Lipinski definition) is 8. The Morgan fingerprint density at radius 1 is 1.13 bits per heavy atom. The molecule has 3 aromatic rings. The first kappa shape index (κ1) is 20.8. The minimum absolute atomic E-state index is 0.0249. The Kier molecular flexibility index (Phi) is 6.63. The number of carbonyl (C=O) groups is 1. The van der Waals surface area contributed by atoms with Gasteiger partial charge in [0.05, 0.1) is 43.6 Å². The SMILES string of the molecule is CCOC(=O)Cn1c(=O)c(N/N=C/c2c(OC)cccc2OC)nc2ccccc21. The van der Waals surface area contributed by atoms with Gasteiger partial charge >= 0.3 is 5.97 Å². The van der Waals surface area contributed by atoms with E-state index in [9.17, 15) is 9.59 Å². The number of esters is 1. The number of carbonyl (C=O) groups excluding carboxylic acids is 1. The molecule has 0 spiro atoms. The number of benzene rings is 2. The molecule has 0 saturated heterocycles. The van der Waals surface area contributed by atoms with Gasteiger partial charge in [0, 0.05) is 0 Å². The fourth-order valence-corrected chi connectivity index (χ4v) is 2.92. The van der Waals surface area contributed by atoms with Crippen molar-refractivity contribution in [2.75, 3.05) is 26.3 Å². The number of nitrogens with zero attached hydrogens (tertiary/aromatic N) is 3. The number of nitrogens with one attached hydrogen (secondary N) is 1. The van der Waals surface area contributed by atoms with Crippen molar-refractivity contribution >= 4 is 29.0 Å². The van der Waals surface area contributed by atoms with E-state index < -0.39 is 11.5 Å². The lowest BCUT2D eigenvalue weighted by molar-refractivity contribution is -0.143. The molecule has 0 atom stereocenters. The van der Waals surface area contributed by atoms with Crippen molar-refractivity contribution < 1.29 is 19.0 Å². The van der Waals surface area contributed by atoms with E-state index in [0.29, 0.717) is 28.1 Å². The van der Waals surface area contributed by atoms with Gasteiger partial charge in [-0.2, -0.15) is 5.10 Å². The van der Waals surface area contributed by atoms with Crippen LogP contribution in [0, 0.1) is 0 Å². The van der Waals surface area contributed by atoms with E-state index >= 15 is 0 Å². The van der Waals surface area contributed by atoms with Gasteiger partial charge in [-0.3, -0.25) is 19.6 Å². The zero-order chi connectivity index (χ0) is 21.5. The number of rotatable bonds is 8. The van der Waals surface area contributed by atoms with Crippen LogP contribution in [-0.2, 0) is 16.1 Å². The van der Waals surface area contributed by atoms with E-state index in [0.717, 1.165) is 0 Å². The zero-order valence-electron chi connectivity index (χ0n) is 16.9. The van der Waals surface area contributed by atoms with Crippen LogP contribution in [0.4, 0.5) is 5.82 Å². The number of aromatic nitrogens is 2. The molecule has 0 unspecified atom stereocenters. The lowest BCUT2D eigenvalue weighted by atomic mass is 10.2. The van der Waals surface area contributed by atoms with Gasteiger partial charge in [0.2, 0.25) is 5.82 Å². The Hall–Kier alpha value is -3.88. The van der Waals surface area contributed by atoms with Gasteiger partial charge in [0.1, 0.15) is 18.0 Å². The predicted octanol–water partition coefficient (Wildman–Crippen LogP) is 2.42. The summed E-state index contributed by atoms with van der Waals surface area (Å²) in [6.07, 6.45) is 1.48. The molecule has 0 aliphatic heterocycles. The number of hydrazone groups is 1. The molecule has 0 bridgehead atoms. The molecule has 9 nitrogen and oxygen atoms in total. The van der Waals surface area contributed by atoms with Crippen LogP contribution in [0.25, 0.3) is 11.0 Å². The Morgan fingerprint density at radius 3 is 2.50 bits per heavy atom. The van der Waals surface area contributed by atoms with Crippen LogP contribution in [0.5, 0.6) is 11.5 Å². The Bertz CT molecular complexity index is 1120. The van der Waals surface area contributed by atoms with Crippen LogP contribution >= 0.6 is 0 Å². The van der Waals surface area contributed by atoms with Crippen molar-refractivity contribution in [3.8, 4) is 11.5 Å². The molecule has 1 N–H and O–H groups in total. The number of ether oxygens (including phenoxy) is 3. The fraction of sp³-hybridized carbons (Fsp3) is 0.238. The molecule has 30 heavy (non-hydrogen) atoms. The summed E-state index contributed by atoms with van der Waals surface area (Å²) in [5.41, 5.74) is 3.83. The van der Waals surface area contributed by atoms with Gasteiger partial charge in [-0.05, 0) is 31.2 Å². The lowest BCUT2D eigenvalue weighted by Gasteiger charge is -2.11. The van der Waals surface area contributed by atoms with E-state index in [2.05, 4.69) is 15.5 Å². The second-order valence-corrected chi connectivity index (χ2v) is 6.09. The minimum Gasteiger partial charge on any atom is -0.496 e. The fourth-order valence-electron chi connectivity index (χ4n) is 2.92. The molecule has 0 amide bonds. The highest BCUT2D eigenvalue weighted by molar-refractivity contribution is 5.88. The molecule has 2 aromatic carbocycles. The highest BCUT2D eigenvalue weighted by Gasteiger charge is 2.14. The number of hydrogen-bond donors (Lipinski definition) is 1. The number of fused-ring (bicyclic) bond motifs is 1. The standard InChI is InChI=1S/C21H22N4O5/c1-4-30-19(26)13-25-16-9-6-5-8-15(16)23-20(21(25)27)24-22-12-14-17(28-2)10-7-11-18(14)29-3/h5-12H,4,13H2,1-3H3,(H,23,24)/b22-12+. The van der Waals surface area contributed by atoms with Crippen LogP contribution in [-0.4, -0.2) is 42.6 Å². The second kappa shape index (κ2) is 9.55. The van der Waals surface area contributed by atoms with Crippen LogP contribution in [0.2, 0.25) is 0 Å². The maximum absolute atomic E-state index is 12.9. The van der Waals surface area contributed by atoms with Crippen molar-refractivity contribution in [2.24, 2.45) is 5.10 Å². The molecule has 0 aliphatic carbocycles. The van der Waals surface area contributed by atoms with Crippen LogP contribution < -0.4 is 20.5 Å².